The summed E-state index contributed by atoms with van der Waals surface area (Å²) in [6.45, 7) is 2.69. The number of pyridine rings is 1. The van der Waals surface area contributed by atoms with Crippen LogP contribution in [0.5, 0.6) is 0 Å². The molecule has 0 spiro atoms. The second-order valence-corrected chi connectivity index (χ2v) is 5.77. The Morgan fingerprint density at radius 1 is 1.16 bits per heavy atom. The molecule has 0 fully saturated rings. The Hall–Kier alpha value is -2.93. The third-order valence-corrected chi connectivity index (χ3v) is 4.37. The Morgan fingerprint density at radius 2 is 1.96 bits per heavy atom. The van der Waals surface area contributed by atoms with E-state index in [0.29, 0.717) is 23.9 Å². The molecule has 1 aromatic carbocycles. The Balaban J connectivity index is 2.08. The molecule has 126 valence electrons. The molecule has 0 amide bonds. The summed E-state index contributed by atoms with van der Waals surface area (Å²) in [4.78, 5) is 9.36. The fourth-order valence-electron chi connectivity index (χ4n) is 2.95. The lowest BCUT2D eigenvalue weighted by molar-refractivity contribution is 0.310. The Kier molecular flexibility index (Phi) is 3.85. The summed E-state index contributed by atoms with van der Waals surface area (Å²) in [5.74, 6) is 1.12. The number of rotatable bonds is 4. The summed E-state index contributed by atoms with van der Waals surface area (Å²) >= 11 is 6.15. The highest BCUT2D eigenvalue weighted by Gasteiger charge is 2.22. The summed E-state index contributed by atoms with van der Waals surface area (Å²) in [7, 11) is 0. The molecule has 0 aliphatic heterocycles. The van der Waals surface area contributed by atoms with Gasteiger partial charge in [0.15, 0.2) is 17.3 Å². The van der Waals surface area contributed by atoms with Gasteiger partial charge in [0.25, 0.3) is 0 Å². The Morgan fingerprint density at radius 3 is 2.60 bits per heavy atom. The number of fused-ring (bicyclic) bond motifs is 1. The van der Waals surface area contributed by atoms with Gasteiger partial charge in [0.2, 0.25) is 0 Å². The molecule has 25 heavy (non-hydrogen) atoms. The van der Waals surface area contributed by atoms with E-state index in [2.05, 4.69) is 15.3 Å². The molecule has 0 atom stereocenters. The number of aryl methyl sites for hydroxylation is 1. The van der Waals surface area contributed by atoms with Crippen LogP contribution in [-0.4, -0.2) is 24.8 Å². The van der Waals surface area contributed by atoms with Crippen LogP contribution in [0.4, 0.5) is 5.82 Å². The van der Waals surface area contributed by atoms with Crippen molar-refractivity contribution in [1.29, 1.82) is 0 Å². The molecule has 0 bridgehead atoms. The van der Waals surface area contributed by atoms with Crippen molar-refractivity contribution < 1.29 is 4.63 Å². The van der Waals surface area contributed by atoms with Gasteiger partial charge in [-0.15, -0.1) is 11.6 Å². The molecule has 0 saturated carbocycles. The minimum atomic E-state index is 0.201. The first-order chi connectivity index (χ1) is 12.2. The van der Waals surface area contributed by atoms with Crippen LogP contribution < -0.4 is 5.73 Å². The molecule has 3 aromatic heterocycles. The maximum absolute atomic E-state index is 6.15. The lowest BCUT2D eigenvalue weighted by atomic mass is 10.1. The van der Waals surface area contributed by atoms with E-state index in [-0.39, 0.29) is 5.82 Å². The van der Waals surface area contributed by atoms with E-state index in [0.717, 1.165) is 27.9 Å². The average Bonchev–Trinajstić information content (AvgIpc) is 3.24. The molecule has 0 saturated heterocycles. The van der Waals surface area contributed by atoms with E-state index in [1.165, 1.54) is 0 Å². The van der Waals surface area contributed by atoms with Gasteiger partial charge in [-0.25, -0.2) is 9.61 Å². The lowest BCUT2D eigenvalue weighted by Gasteiger charge is -2.08. The maximum atomic E-state index is 6.15. The van der Waals surface area contributed by atoms with Crippen LogP contribution in [0.25, 0.3) is 33.8 Å². The second kappa shape index (κ2) is 6.18. The highest BCUT2D eigenvalue weighted by molar-refractivity contribution is 6.18. The predicted octanol–water partition coefficient (Wildman–Crippen LogP) is 3.49. The number of imidazole rings is 1. The number of nitrogen functional groups attached to an aromatic ring is 1. The Labute approximate surface area is 148 Å². The van der Waals surface area contributed by atoms with Crippen LogP contribution in [0.1, 0.15) is 12.5 Å². The van der Waals surface area contributed by atoms with E-state index in [1.807, 2.05) is 41.8 Å². The van der Waals surface area contributed by atoms with Crippen molar-refractivity contribution in [2.45, 2.75) is 19.3 Å². The molecule has 0 aliphatic carbocycles. The van der Waals surface area contributed by atoms with Crippen molar-refractivity contribution in [2.24, 2.45) is 0 Å². The van der Waals surface area contributed by atoms with Gasteiger partial charge in [0.1, 0.15) is 5.52 Å². The van der Waals surface area contributed by atoms with E-state index in [9.17, 15) is 0 Å². The molecule has 7 nitrogen and oxygen atoms in total. The van der Waals surface area contributed by atoms with Crippen LogP contribution in [0.2, 0.25) is 0 Å². The Bertz CT molecular complexity index is 1040. The van der Waals surface area contributed by atoms with Crippen molar-refractivity contribution >= 4 is 28.5 Å². The average molecular weight is 355 g/mol. The predicted molar refractivity (Wildman–Crippen MR) is 95.9 cm³/mol. The van der Waals surface area contributed by atoms with Gasteiger partial charge in [0, 0.05) is 23.9 Å². The lowest BCUT2D eigenvalue weighted by Crippen LogP contribution is -2.01. The van der Waals surface area contributed by atoms with E-state index >= 15 is 0 Å². The number of hydrogen-bond acceptors (Lipinski definition) is 6. The zero-order valence-electron chi connectivity index (χ0n) is 13.5. The number of nitrogens with zero attached hydrogens (tertiary/aromatic N) is 5. The summed E-state index contributed by atoms with van der Waals surface area (Å²) in [6, 6.07) is 9.90. The molecule has 0 unspecified atom stereocenters. The van der Waals surface area contributed by atoms with Crippen LogP contribution in [-0.2, 0) is 12.4 Å². The standard InChI is InChI=1S/C17H15ClN6O/c1-2-24-15-11(8-18)9-20-12(10-6-4-3-5-7-10)13(15)21-17(24)14-16(19)23-25-22-14/h3-7,9H,2,8H2,1H3,(H2,19,23). The number of halogens is 1. The fraction of sp³-hybridized carbons (Fsp3) is 0.176. The quantitative estimate of drug-likeness (QED) is 0.563. The van der Waals surface area contributed by atoms with Crippen molar-refractivity contribution in [2.75, 3.05) is 5.73 Å². The van der Waals surface area contributed by atoms with Gasteiger partial charge in [-0.1, -0.05) is 30.3 Å². The smallest absolute Gasteiger partial charge is 0.199 e. The van der Waals surface area contributed by atoms with E-state index < -0.39 is 0 Å². The molecule has 4 rings (SSSR count). The van der Waals surface area contributed by atoms with Crippen molar-refractivity contribution in [3.63, 3.8) is 0 Å². The maximum Gasteiger partial charge on any atom is 0.199 e. The molecular formula is C17H15ClN6O. The number of anilines is 1. The molecule has 0 radical (unpaired) electrons. The summed E-state index contributed by atoms with van der Waals surface area (Å²) in [6.07, 6.45) is 1.79. The normalized spacial score (nSPS) is 11.3. The first kappa shape index (κ1) is 15.6. The highest BCUT2D eigenvalue weighted by Crippen LogP contribution is 2.33. The van der Waals surface area contributed by atoms with Gasteiger partial charge in [0.05, 0.1) is 17.1 Å². The first-order valence-electron chi connectivity index (χ1n) is 7.82. The number of aromatic nitrogens is 5. The molecule has 8 heteroatoms. The third kappa shape index (κ3) is 2.44. The van der Waals surface area contributed by atoms with Crippen LogP contribution in [0, 0.1) is 0 Å². The molecule has 0 aliphatic rings. The number of hydrogen-bond donors (Lipinski definition) is 1. The highest BCUT2D eigenvalue weighted by atomic mass is 35.5. The molecule has 4 aromatic rings. The van der Waals surface area contributed by atoms with E-state index in [4.69, 9.17) is 26.9 Å². The van der Waals surface area contributed by atoms with Gasteiger partial charge in [-0.3, -0.25) is 4.98 Å². The largest absolute Gasteiger partial charge is 0.379 e. The second-order valence-electron chi connectivity index (χ2n) is 5.51. The summed E-state index contributed by atoms with van der Waals surface area (Å²) in [5.41, 5.74) is 10.6. The zero-order chi connectivity index (χ0) is 17.4. The van der Waals surface area contributed by atoms with Gasteiger partial charge in [-0.05, 0) is 17.2 Å². The SMILES string of the molecule is CCn1c(-c2nonc2N)nc2c(-c3ccccc3)ncc(CCl)c21. The summed E-state index contributed by atoms with van der Waals surface area (Å²) in [5, 5.41) is 7.56. The first-order valence-corrected chi connectivity index (χ1v) is 8.36. The number of benzene rings is 1. The molecule has 2 N–H and O–H groups in total. The minimum absolute atomic E-state index is 0.201. The van der Waals surface area contributed by atoms with Crippen LogP contribution >= 0.6 is 11.6 Å². The number of alkyl halides is 1. The monoisotopic (exact) mass is 354 g/mol. The van der Waals surface area contributed by atoms with Gasteiger partial charge < -0.3 is 10.3 Å². The molecular weight excluding hydrogens is 340 g/mol. The van der Waals surface area contributed by atoms with Crippen LogP contribution in [0.3, 0.4) is 0 Å². The van der Waals surface area contributed by atoms with Crippen molar-refractivity contribution in [1.82, 2.24) is 24.8 Å². The topological polar surface area (TPSA) is 95.7 Å². The minimum Gasteiger partial charge on any atom is -0.379 e. The third-order valence-electron chi connectivity index (χ3n) is 4.08. The van der Waals surface area contributed by atoms with Gasteiger partial charge >= 0.3 is 0 Å². The van der Waals surface area contributed by atoms with Crippen molar-refractivity contribution in [3.8, 4) is 22.8 Å². The fourth-order valence-corrected chi connectivity index (χ4v) is 3.15. The summed E-state index contributed by atoms with van der Waals surface area (Å²) < 4.78 is 6.76. The molecule has 3 heterocycles. The van der Waals surface area contributed by atoms with Crippen LogP contribution in [0.15, 0.2) is 41.2 Å². The number of nitrogens with two attached hydrogens (primary N) is 1. The zero-order valence-corrected chi connectivity index (χ0v) is 14.2. The van der Waals surface area contributed by atoms with Crippen molar-refractivity contribution in [3.05, 3.63) is 42.1 Å². The van der Waals surface area contributed by atoms with E-state index in [1.54, 1.807) is 6.20 Å². The van der Waals surface area contributed by atoms with Gasteiger partial charge in [-0.2, -0.15) is 0 Å².